The van der Waals surface area contributed by atoms with Crippen molar-refractivity contribution in [1.29, 1.82) is 0 Å². The van der Waals surface area contributed by atoms with E-state index in [1.165, 1.54) is 43.4 Å². The van der Waals surface area contributed by atoms with E-state index in [-0.39, 0.29) is 0 Å². The Bertz CT molecular complexity index is 1850. The topological polar surface area (TPSA) is 25.8 Å². The Hall–Kier alpha value is -4.82. The number of rotatable bonds is 3. The fourth-order valence-corrected chi connectivity index (χ4v) is 5.17. The van der Waals surface area contributed by atoms with Crippen molar-refractivity contribution in [3.8, 4) is 33.8 Å². The molecule has 7 aromatic rings. The highest BCUT2D eigenvalue weighted by molar-refractivity contribution is 6.26. The van der Waals surface area contributed by atoms with Crippen molar-refractivity contribution >= 4 is 32.3 Å². The lowest BCUT2D eigenvalue weighted by molar-refractivity contribution is 1.18. The van der Waals surface area contributed by atoms with Crippen LogP contribution in [0.5, 0.6) is 0 Å². The van der Waals surface area contributed by atoms with Gasteiger partial charge in [-0.25, -0.2) is 9.97 Å². The Morgan fingerprint density at radius 2 is 0.889 bits per heavy atom. The van der Waals surface area contributed by atoms with Crippen molar-refractivity contribution < 1.29 is 0 Å². The zero-order valence-corrected chi connectivity index (χ0v) is 19.6. The minimum atomic E-state index is 0.741. The monoisotopic (exact) mass is 458 g/mol. The van der Waals surface area contributed by atoms with Gasteiger partial charge in [-0.1, -0.05) is 109 Å². The lowest BCUT2D eigenvalue weighted by Crippen LogP contribution is -1.92. The van der Waals surface area contributed by atoms with Crippen LogP contribution in [0.2, 0.25) is 0 Å². The predicted molar refractivity (Wildman–Crippen MR) is 151 cm³/mol. The summed E-state index contributed by atoms with van der Waals surface area (Å²) >= 11 is 0. The molecule has 0 atom stereocenters. The first kappa shape index (κ1) is 20.5. The molecule has 1 aromatic heterocycles. The van der Waals surface area contributed by atoms with Crippen LogP contribution in [0.4, 0.5) is 0 Å². The van der Waals surface area contributed by atoms with Gasteiger partial charge in [0.25, 0.3) is 0 Å². The molecule has 0 bridgehead atoms. The summed E-state index contributed by atoms with van der Waals surface area (Å²) in [5, 5.41) is 7.56. The molecule has 168 valence electrons. The van der Waals surface area contributed by atoms with E-state index < -0.39 is 0 Å². The molecule has 7 rings (SSSR count). The van der Waals surface area contributed by atoms with E-state index in [0.717, 1.165) is 22.6 Å². The molecular formula is C34H22N2. The number of aromatic nitrogens is 2. The van der Waals surface area contributed by atoms with Gasteiger partial charge in [0.05, 0.1) is 5.69 Å². The molecule has 0 radical (unpaired) electrons. The second kappa shape index (κ2) is 8.44. The molecule has 0 N–H and O–H groups in total. The Labute approximate surface area is 209 Å². The first-order valence-corrected chi connectivity index (χ1v) is 12.2. The molecule has 1 heterocycles. The SMILES string of the molecule is c1ccc(-c2ccc3c4ccc(-c5ccnc(-c6ccccc6)n5)cc4c4ccccc4c3c2)cc1. The molecule has 0 fully saturated rings. The summed E-state index contributed by atoms with van der Waals surface area (Å²) in [6, 6.07) is 44.9. The first-order chi connectivity index (χ1) is 17.8. The van der Waals surface area contributed by atoms with E-state index in [1.54, 1.807) is 0 Å². The average Bonchev–Trinajstić information content (AvgIpc) is 2.98. The zero-order chi connectivity index (χ0) is 23.9. The molecule has 0 amide bonds. The fourth-order valence-electron chi connectivity index (χ4n) is 5.17. The number of hydrogen-bond acceptors (Lipinski definition) is 2. The molecule has 36 heavy (non-hydrogen) atoms. The predicted octanol–water partition coefficient (Wildman–Crippen LogP) is 8.94. The summed E-state index contributed by atoms with van der Waals surface area (Å²) in [5.41, 5.74) is 5.50. The van der Waals surface area contributed by atoms with Gasteiger partial charge in [0.2, 0.25) is 0 Å². The van der Waals surface area contributed by atoms with Crippen LogP contribution in [-0.4, -0.2) is 9.97 Å². The van der Waals surface area contributed by atoms with Gasteiger partial charge in [0.1, 0.15) is 0 Å². The van der Waals surface area contributed by atoms with Crippen molar-refractivity contribution in [3.63, 3.8) is 0 Å². The van der Waals surface area contributed by atoms with E-state index in [4.69, 9.17) is 4.98 Å². The van der Waals surface area contributed by atoms with Crippen LogP contribution in [0, 0.1) is 0 Å². The van der Waals surface area contributed by atoms with Gasteiger partial charge < -0.3 is 0 Å². The molecule has 0 saturated heterocycles. The smallest absolute Gasteiger partial charge is 0.159 e. The van der Waals surface area contributed by atoms with E-state index in [9.17, 15) is 0 Å². The number of nitrogens with zero attached hydrogens (tertiary/aromatic N) is 2. The van der Waals surface area contributed by atoms with Crippen LogP contribution >= 0.6 is 0 Å². The number of fused-ring (bicyclic) bond motifs is 6. The van der Waals surface area contributed by atoms with Crippen LogP contribution in [0.1, 0.15) is 0 Å². The third kappa shape index (κ3) is 3.43. The van der Waals surface area contributed by atoms with Gasteiger partial charge in [0.15, 0.2) is 5.82 Å². The van der Waals surface area contributed by atoms with Gasteiger partial charge in [-0.2, -0.15) is 0 Å². The summed E-state index contributed by atoms with van der Waals surface area (Å²) in [6.45, 7) is 0. The normalized spacial score (nSPS) is 11.3. The molecule has 0 aliphatic heterocycles. The third-order valence-electron chi connectivity index (χ3n) is 6.93. The second-order valence-corrected chi connectivity index (χ2v) is 9.06. The summed E-state index contributed by atoms with van der Waals surface area (Å²) in [7, 11) is 0. The summed E-state index contributed by atoms with van der Waals surface area (Å²) < 4.78 is 0. The van der Waals surface area contributed by atoms with Gasteiger partial charge in [-0.3, -0.25) is 0 Å². The quantitative estimate of drug-likeness (QED) is 0.247. The maximum atomic E-state index is 4.90. The zero-order valence-electron chi connectivity index (χ0n) is 19.6. The number of benzene rings is 6. The highest BCUT2D eigenvalue weighted by atomic mass is 14.9. The molecule has 0 aliphatic carbocycles. The average molecular weight is 459 g/mol. The second-order valence-electron chi connectivity index (χ2n) is 9.06. The largest absolute Gasteiger partial charge is 0.237 e. The van der Waals surface area contributed by atoms with Crippen LogP contribution < -0.4 is 0 Å². The molecule has 0 spiro atoms. The van der Waals surface area contributed by atoms with Crippen LogP contribution in [-0.2, 0) is 0 Å². The van der Waals surface area contributed by atoms with Crippen molar-refractivity contribution in [2.24, 2.45) is 0 Å². The minimum Gasteiger partial charge on any atom is -0.237 e. The lowest BCUT2D eigenvalue weighted by Gasteiger charge is -2.13. The van der Waals surface area contributed by atoms with E-state index in [0.29, 0.717) is 0 Å². The molecule has 2 nitrogen and oxygen atoms in total. The molecule has 0 unspecified atom stereocenters. The van der Waals surface area contributed by atoms with E-state index in [2.05, 4.69) is 96.0 Å². The van der Waals surface area contributed by atoms with Gasteiger partial charge in [-0.05, 0) is 61.6 Å². The van der Waals surface area contributed by atoms with Crippen molar-refractivity contribution in [2.45, 2.75) is 0 Å². The Kier molecular flexibility index (Phi) is 4.82. The van der Waals surface area contributed by atoms with Gasteiger partial charge in [0, 0.05) is 17.3 Å². The molecule has 2 heteroatoms. The summed E-state index contributed by atoms with van der Waals surface area (Å²) in [4.78, 5) is 9.41. The minimum absolute atomic E-state index is 0.741. The van der Waals surface area contributed by atoms with Gasteiger partial charge in [-0.15, -0.1) is 0 Å². The van der Waals surface area contributed by atoms with Crippen LogP contribution in [0.3, 0.4) is 0 Å². The van der Waals surface area contributed by atoms with E-state index in [1.807, 2.05) is 42.6 Å². The molecular weight excluding hydrogens is 436 g/mol. The lowest BCUT2D eigenvalue weighted by atomic mass is 9.91. The van der Waals surface area contributed by atoms with Crippen molar-refractivity contribution in [3.05, 3.63) is 134 Å². The molecule has 6 aromatic carbocycles. The summed E-state index contributed by atoms with van der Waals surface area (Å²) in [5.74, 6) is 0.741. The van der Waals surface area contributed by atoms with E-state index >= 15 is 0 Å². The molecule has 0 saturated carbocycles. The maximum absolute atomic E-state index is 4.90. The van der Waals surface area contributed by atoms with Crippen LogP contribution in [0.15, 0.2) is 134 Å². The first-order valence-electron chi connectivity index (χ1n) is 12.2. The number of hydrogen-bond donors (Lipinski definition) is 0. The maximum Gasteiger partial charge on any atom is 0.159 e. The van der Waals surface area contributed by atoms with Crippen molar-refractivity contribution in [2.75, 3.05) is 0 Å². The Morgan fingerprint density at radius 3 is 1.56 bits per heavy atom. The summed E-state index contributed by atoms with van der Waals surface area (Å²) in [6.07, 6.45) is 1.85. The highest BCUT2D eigenvalue weighted by Crippen LogP contribution is 2.38. The Balaban J connectivity index is 1.45. The van der Waals surface area contributed by atoms with Gasteiger partial charge >= 0.3 is 0 Å². The Morgan fingerprint density at radius 1 is 0.361 bits per heavy atom. The molecule has 0 aliphatic rings. The fraction of sp³-hybridized carbons (Fsp3) is 0. The highest BCUT2D eigenvalue weighted by Gasteiger charge is 2.12. The standard InChI is InChI=1S/C34H22N2/c1-3-9-23(10-4-1)25-15-17-29-30-18-16-26(22-32(30)28-14-8-7-13-27(28)31(29)21-25)33-19-20-35-34(36-33)24-11-5-2-6-12-24/h1-22H. The van der Waals surface area contributed by atoms with Crippen molar-refractivity contribution in [1.82, 2.24) is 9.97 Å². The van der Waals surface area contributed by atoms with Crippen LogP contribution in [0.25, 0.3) is 66.1 Å². The third-order valence-corrected chi connectivity index (χ3v) is 6.93.